The zero-order valence-corrected chi connectivity index (χ0v) is 11.7. The standard InChI is InChI=1S/C15H18N2O4/c18-11(9-16-5-7-21-8-6-16)10-17-14(19)12-3-1-2-4-13(12)15(17)20/h1-4,11,18H,5-10H2/p+1/t11-/m0/s1. The molecule has 2 heterocycles. The molecular formula is C15H19N2O4+. The lowest BCUT2D eigenvalue weighted by Gasteiger charge is -2.27. The van der Waals surface area contributed by atoms with Crippen molar-refractivity contribution >= 4 is 11.8 Å². The Morgan fingerprint density at radius 1 is 1.14 bits per heavy atom. The number of carbonyl (C=O) groups is 2. The minimum atomic E-state index is -0.708. The van der Waals surface area contributed by atoms with Gasteiger partial charge in [0.25, 0.3) is 11.8 Å². The highest BCUT2D eigenvalue weighted by atomic mass is 16.5. The first kappa shape index (κ1) is 14.2. The van der Waals surface area contributed by atoms with Crippen molar-refractivity contribution in [3.05, 3.63) is 35.4 Å². The van der Waals surface area contributed by atoms with Crippen LogP contribution in [0.1, 0.15) is 20.7 Å². The van der Waals surface area contributed by atoms with E-state index in [-0.39, 0.29) is 18.4 Å². The van der Waals surface area contributed by atoms with E-state index >= 15 is 0 Å². The number of ether oxygens (including phenoxy) is 1. The van der Waals surface area contributed by atoms with Crippen LogP contribution in [-0.4, -0.2) is 67.3 Å². The summed E-state index contributed by atoms with van der Waals surface area (Å²) in [5, 5.41) is 10.2. The minimum Gasteiger partial charge on any atom is -0.385 e. The molecule has 3 rings (SSSR count). The lowest BCUT2D eigenvalue weighted by atomic mass is 10.1. The van der Waals surface area contributed by atoms with E-state index in [1.165, 1.54) is 4.90 Å². The quantitative estimate of drug-likeness (QED) is 0.667. The van der Waals surface area contributed by atoms with Gasteiger partial charge in [-0.3, -0.25) is 14.5 Å². The van der Waals surface area contributed by atoms with Crippen molar-refractivity contribution in [2.24, 2.45) is 0 Å². The third-order valence-electron chi connectivity index (χ3n) is 4.00. The first-order chi connectivity index (χ1) is 10.2. The highest BCUT2D eigenvalue weighted by Gasteiger charge is 2.36. The van der Waals surface area contributed by atoms with Crippen LogP contribution < -0.4 is 4.90 Å². The summed E-state index contributed by atoms with van der Waals surface area (Å²) in [5.74, 6) is -0.627. The zero-order chi connectivity index (χ0) is 14.8. The first-order valence-corrected chi connectivity index (χ1v) is 7.21. The molecule has 21 heavy (non-hydrogen) atoms. The number of fused-ring (bicyclic) bond motifs is 1. The van der Waals surface area contributed by atoms with E-state index in [0.29, 0.717) is 30.9 Å². The van der Waals surface area contributed by atoms with Gasteiger partial charge in [-0.25, -0.2) is 0 Å². The Kier molecular flexibility index (Phi) is 4.01. The van der Waals surface area contributed by atoms with E-state index < -0.39 is 6.10 Å². The molecule has 1 aromatic carbocycles. The van der Waals surface area contributed by atoms with E-state index in [9.17, 15) is 14.7 Å². The highest BCUT2D eigenvalue weighted by molar-refractivity contribution is 6.21. The van der Waals surface area contributed by atoms with Crippen molar-refractivity contribution in [3.8, 4) is 0 Å². The number of benzene rings is 1. The van der Waals surface area contributed by atoms with Gasteiger partial charge in [0.15, 0.2) is 0 Å². The summed E-state index contributed by atoms with van der Waals surface area (Å²) in [6.45, 7) is 3.65. The minimum absolute atomic E-state index is 0.0523. The molecule has 1 fully saturated rings. The average molecular weight is 291 g/mol. The smallest absolute Gasteiger partial charge is 0.261 e. The summed E-state index contributed by atoms with van der Waals surface area (Å²) < 4.78 is 5.27. The second-order valence-electron chi connectivity index (χ2n) is 5.49. The number of hydrogen-bond acceptors (Lipinski definition) is 4. The number of morpholine rings is 1. The van der Waals surface area contributed by atoms with Gasteiger partial charge in [0.2, 0.25) is 0 Å². The molecule has 1 saturated heterocycles. The van der Waals surface area contributed by atoms with Crippen molar-refractivity contribution in [2.75, 3.05) is 39.4 Å². The molecule has 112 valence electrons. The Hall–Kier alpha value is -1.76. The van der Waals surface area contributed by atoms with Crippen LogP contribution in [0.4, 0.5) is 0 Å². The number of carbonyl (C=O) groups excluding carboxylic acids is 2. The molecule has 0 unspecified atom stereocenters. The predicted octanol–water partition coefficient (Wildman–Crippen LogP) is -1.44. The number of hydrogen-bond donors (Lipinski definition) is 2. The number of quaternary nitrogens is 1. The Morgan fingerprint density at radius 2 is 1.71 bits per heavy atom. The largest absolute Gasteiger partial charge is 0.385 e. The lowest BCUT2D eigenvalue weighted by Crippen LogP contribution is -3.15. The van der Waals surface area contributed by atoms with Crippen LogP contribution in [0.25, 0.3) is 0 Å². The molecule has 6 heteroatoms. The fourth-order valence-electron chi connectivity index (χ4n) is 2.88. The lowest BCUT2D eigenvalue weighted by molar-refractivity contribution is -0.910. The molecular weight excluding hydrogens is 272 g/mol. The van der Waals surface area contributed by atoms with Gasteiger partial charge in [-0.15, -0.1) is 0 Å². The molecule has 0 aliphatic carbocycles. The summed E-state index contributed by atoms with van der Waals surface area (Å²) in [6.07, 6.45) is -0.708. The third-order valence-corrected chi connectivity index (χ3v) is 4.00. The number of nitrogens with one attached hydrogen (secondary N) is 1. The van der Waals surface area contributed by atoms with Gasteiger partial charge in [0, 0.05) is 0 Å². The molecule has 2 aliphatic rings. The molecule has 0 bridgehead atoms. The molecule has 2 amide bonds. The van der Waals surface area contributed by atoms with Crippen molar-refractivity contribution < 1.29 is 24.3 Å². The number of aliphatic hydroxyl groups is 1. The van der Waals surface area contributed by atoms with E-state index in [0.717, 1.165) is 18.0 Å². The maximum absolute atomic E-state index is 12.2. The van der Waals surface area contributed by atoms with Crippen LogP contribution in [0, 0.1) is 0 Å². The molecule has 2 N–H and O–H groups in total. The van der Waals surface area contributed by atoms with E-state index in [4.69, 9.17) is 4.74 Å². The van der Waals surface area contributed by atoms with Gasteiger partial charge < -0.3 is 14.7 Å². The van der Waals surface area contributed by atoms with E-state index in [1.807, 2.05) is 0 Å². The number of imide groups is 1. The predicted molar refractivity (Wildman–Crippen MR) is 74.2 cm³/mol. The molecule has 0 saturated carbocycles. The molecule has 0 radical (unpaired) electrons. The normalized spacial score (nSPS) is 20.7. The van der Waals surface area contributed by atoms with Gasteiger partial charge in [0.1, 0.15) is 25.7 Å². The molecule has 2 aliphatic heterocycles. The Morgan fingerprint density at radius 3 is 2.29 bits per heavy atom. The Labute approximate surface area is 122 Å². The van der Waals surface area contributed by atoms with Gasteiger partial charge in [0.05, 0.1) is 30.9 Å². The molecule has 6 nitrogen and oxygen atoms in total. The van der Waals surface area contributed by atoms with Crippen molar-refractivity contribution in [1.29, 1.82) is 0 Å². The third kappa shape index (κ3) is 2.83. The summed E-state index contributed by atoms with van der Waals surface area (Å²) in [7, 11) is 0. The van der Waals surface area contributed by atoms with Crippen LogP contribution in [0.15, 0.2) is 24.3 Å². The number of β-amino-alcohol motifs (C(OH)–C–C–N with tert-alkyl or cyclic N) is 1. The maximum Gasteiger partial charge on any atom is 0.261 e. The maximum atomic E-state index is 12.2. The summed E-state index contributed by atoms with van der Waals surface area (Å²) in [5.41, 5.74) is 0.849. The molecule has 1 aromatic rings. The van der Waals surface area contributed by atoms with Crippen molar-refractivity contribution in [1.82, 2.24) is 4.90 Å². The zero-order valence-electron chi connectivity index (χ0n) is 11.7. The summed E-state index contributed by atoms with van der Waals surface area (Å²) in [4.78, 5) is 26.8. The number of amides is 2. The molecule has 0 spiro atoms. The topological polar surface area (TPSA) is 71.3 Å². The SMILES string of the molecule is O=C1c2ccccc2C(=O)N1C[C@@H](O)C[NH+]1CCOCC1. The molecule has 1 atom stereocenters. The highest BCUT2D eigenvalue weighted by Crippen LogP contribution is 2.22. The van der Waals surface area contributed by atoms with Crippen LogP contribution in [0.5, 0.6) is 0 Å². The van der Waals surface area contributed by atoms with Crippen molar-refractivity contribution in [2.45, 2.75) is 6.10 Å². The second kappa shape index (κ2) is 5.93. The first-order valence-electron chi connectivity index (χ1n) is 7.21. The second-order valence-corrected chi connectivity index (χ2v) is 5.49. The van der Waals surface area contributed by atoms with Crippen LogP contribution in [0.3, 0.4) is 0 Å². The Bertz CT molecular complexity index is 519. The molecule has 0 aromatic heterocycles. The van der Waals surface area contributed by atoms with Gasteiger partial charge in [-0.1, -0.05) is 12.1 Å². The van der Waals surface area contributed by atoms with E-state index in [2.05, 4.69) is 0 Å². The van der Waals surface area contributed by atoms with Crippen LogP contribution in [0.2, 0.25) is 0 Å². The van der Waals surface area contributed by atoms with Crippen LogP contribution >= 0.6 is 0 Å². The summed E-state index contributed by atoms with van der Waals surface area (Å²) >= 11 is 0. The number of aliphatic hydroxyl groups excluding tert-OH is 1. The van der Waals surface area contributed by atoms with Crippen molar-refractivity contribution in [3.63, 3.8) is 0 Å². The fraction of sp³-hybridized carbons (Fsp3) is 0.467. The van der Waals surface area contributed by atoms with Gasteiger partial charge in [-0.2, -0.15) is 0 Å². The number of nitrogens with zero attached hydrogens (tertiary/aromatic N) is 1. The fourth-order valence-corrected chi connectivity index (χ4v) is 2.88. The average Bonchev–Trinajstić information content (AvgIpc) is 2.74. The van der Waals surface area contributed by atoms with Gasteiger partial charge >= 0.3 is 0 Å². The Balaban J connectivity index is 1.63. The van der Waals surface area contributed by atoms with Gasteiger partial charge in [-0.05, 0) is 12.1 Å². The number of rotatable bonds is 4. The summed E-state index contributed by atoms with van der Waals surface area (Å²) in [6, 6.07) is 6.77. The monoisotopic (exact) mass is 291 g/mol. The van der Waals surface area contributed by atoms with Crippen LogP contribution in [-0.2, 0) is 4.74 Å². The van der Waals surface area contributed by atoms with E-state index in [1.54, 1.807) is 24.3 Å².